The molecule has 2 aliphatic heterocycles. The fourth-order valence-corrected chi connectivity index (χ4v) is 6.74. The molecule has 0 unspecified atom stereocenters. The molecule has 0 fully saturated rings. The Morgan fingerprint density at radius 2 is 1.18 bits per heavy atom. The van der Waals surface area contributed by atoms with E-state index >= 15 is 0 Å². The van der Waals surface area contributed by atoms with Gasteiger partial charge in [0.1, 0.15) is 11.4 Å². The second-order valence-corrected chi connectivity index (χ2v) is 16.7. The van der Waals surface area contributed by atoms with Crippen LogP contribution < -0.4 is 14.2 Å². The van der Waals surface area contributed by atoms with Crippen molar-refractivity contribution in [2.75, 3.05) is 13.4 Å². The van der Waals surface area contributed by atoms with Crippen LogP contribution in [0.25, 0.3) is 33.0 Å². The van der Waals surface area contributed by atoms with Crippen LogP contribution >= 0.6 is 0 Å². The van der Waals surface area contributed by atoms with Crippen molar-refractivity contribution in [1.82, 2.24) is 49.8 Å². The van der Waals surface area contributed by atoms with E-state index in [0.717, 1.165) is 58.2 Å². The van der Waals surface area contributed by atoms with Crippen LogP contribution in [0.3, 0.4) is 0 Å². The predicted molar refractivity (Wildman–Crippen MR) is 298 cm³/mol. The van der Waals surface area contributed by atoms with E-state index < -0.39 is 0 Å². The summed E-state index contributed by atoms with van der Waals surface area (Å²) in [5, 5.41) is 2.47. The number of hydrogen-bond donors (Lipinski definition) is 3. The topological polar surface area (TPSA) is 165 Å². The Bertz CT molecular complexity index is 3000. The Morgan fingerprint density at radius 3 is 1.86 bits per heavy atom. The molecule has 13 heteroatoms. The normalized spacial score (nSPS) is 10.7. The summed E-state index contributed by atoms with van der Waals surface area (Å²) in [5.41, 5.74) is 15.0. The van der Waals surface area contributed by atoms with Crippen molar-refractivity contribution in [2.24, 2.45) is 0 Å². The van der Waals surface area contributed by atoms with E-state index in [1.165, 1.54) is 49.7 Å². The lowest BCUT2D eigenvalue weighted by atomic mass is 10.2. The summed E-state index contributed by atoms with van der Waals surface area (Å²) >= 11 is 0. The first kappa shape index (κ1) is 56.9. The van der Waals surface area contributed by atoms with Crippen molar-refractivity contribution in [2.45, 2.75) is 76.7 Å². The van der Waals surface area contributed by atoms with Crippen LogP contribution in [0.5, 0.6) is 17.4 Å². The zero-order valence-corrected chi connectivity index (χ0v) is 41.7. The highest BCUT2D eigenvalue weighted by Crippen LogP contribution is 2.29. The van der Waals surface area contributed by atoms with Gasteiger partial charge in [0, 0.05) is 79.3 Å². The maximum absolute atomic E-state index is 5.37. The minimum absolute atomic E-state index is 0. The average molecular weight is 979 g/mol. The zero-order valence-electron chi connectivity index (χ0n) is 41.7. The minimum atomic E-state index is 0. The number of imidazole rings is 1. The van der Waals surface area contributed by atoms with E-state index in [-0.39, 0.29) is 14.9 Å². The summed E-state index contributed by atoms with van der Waals surface area (Å²) in [5.74, 6) is 2.35. The zero-order chi connectivity index (χ0) is 50.2. The lowest BCUT2D eigenvalue weighted by molar-refractivity contribution is 0.171. The lowest BCUT2D eigenvalue weighted by Crippen LogP contribution is -1.93. The molecule has 3 aromatic carbocycles. The van der Waals surface area contributed by atoms with Gasteiger partial charge in [-0.05, 0) is 149 Å². The molecule has 0 saturated heterocycles. The molecule has 10 heterocycles. The van der Waals surface area contributed by atoms with E-state index in [1.54, 1.807) is 37.3 Å². The minimum Gasteiger partial charge on any atom is -0.491 e. The van der Waals surface area contributed by atoms with E-state index in [0.29, 0.717) is 12.7 Å². The number of nitrogens with one attached hydrogen (secondary N) is 3. The summed E-state index contributed by atoms with van der Waals surface area (Å²) < 4.78 is 15.5. The molecule has 378 valence electrons. The number of H-pyrrole nitrogens is 3. The Labute approximate surface area is 430 Å². The van der Waals surface area contributed by atoms with Gasteiger partial charge in [-0.1, -0.05) is 74.5 Å². The quantitative estimate of drug-likeness (QED) is 0.133. The van der Waals surface area contributed by atoms with Crippen LogP contribution in [-0.2, 0) is 6.42 Å². The monoisotopic (exact) mass is 979 g/mol. The van der Waals surface area contributed by atoms with Gasteiger partial charge in [-0.2, -0.15) is 0 Å². The molecule has 0 spiro atoms. The predicted octanol–water partition coefficient (Wildman–Crippen LogP) is 14.1. The Balaban J connectivity index is 0.000000181. The molecule has 0 aliphatic carbocycles. The van der Waals surface area contributed by atoms with Gasteiger partial charge in [-0.15, -0.1) is 0 Å². The molecule has 8 aromatic heterocycles. The largest absolute Gasteiger partial charge is 0.491 e. The van der Waals surface area contributed by atoms with Gasteiger partial charge in [0.05, 0.1) is 35.4 Å². The molecular weight excluding hydrogens is 909 g/mol. The average Bonchev–Trinajstić information content (AvgIpc) is 4.25. The summed E-state index contributed by atoms with van der Waals surface area (Å²) in [7, 11) is 0. The van der Waals surface area contributed by atoms with Crippen LogP contribution in [0.1, 0.15) is 65.2 Å². The summed E-state index contributed by atoms with van der Waals surface area (Å²) in [4.78, 5) is 37.4. The lowest BCUT2D eigenvalue weighted by Gasteiger charge is -1.99. The number of aryl methyl sites for hydroxylation is 8. The van der Waals surface area contributed by atoms with Crippen LogP contribution in [0.4, 0.5) is 0 Å². The summed E-state index contributed by atoms with van der Waals surface area (Å²) in [6.07, 6.45) is 20.7. The van der Waals surface area contributed by atoms with Crippen molar-refractivity contribution in [3.05, 3.63) is 228 Å². The second kappa shape index (κ2) is 30.1. The van der Waals surface area contributed by atoms with Crippen molar-refractivity contribution < 1.29 is 14.2 Å². The number of rotatable bonds is 0. The van der Waals surface area contributed by atoms with Gasteiger partial charge in [0.15, 0.2) is 5.75 Å². The number of fused-ring (bicyclic) bond motifs is 5. The molecular formula is C60H70N10O3. The summed E-state index contributed by atoms with van der Waals surface area (Å²) in [6.45, 7) is 17.3. The smallest absolute Gasteiger partial charge is 0.260 e. The number of ether oxygens (including phenoxy) is 3. The standard InChI is InChI=1S/C9H9N.2C8H8N2.C8H9NO.C7H7NO2.C7H8.C6H7N.C5H6N2.2CH4/c1-7-2-3-9-8(6-7)4-5-10-9;1-6-4-7-2-3-9-8(7)10-5-6;1-6-2-3-7-8(4-6)10-5-9-7;1-6-2-4-9-7-3-5-10-8(6)7;1-5-2-6-7(8-3-5)10-4-9-6;1-7-5-3-2-4-6-7;1-6-3-2-4-7-5-6;1-5-4-6-2-3-7-5;;/h2-6,10H,1H3;2*2-5H,1H3,(H,9,10);2,4H,3,5H2,1H3;2-3H,4H2,1H3;2-6H,1H3;2-5H,1H3;2-4H,1H3;2*1H4. The molecule has 0 bridgehead atoms. The maximum Gasteiger partial charge on any atom is 0.260 e. The SMILES string of the molecule is C.C.Cc1ccc2[nH]ccc2c1.Cc1ccc2nc[nH]c2c1.Cc1ccccc1.Cc1cccnc1.Cc1ccnc2c1OCC2.Cc1cnc2[nH]ccc2c1.Cc1cnc2c(c1)OCO2.Cc1cnccn1. The van der Waals surface area contributed by atoms with Gasteiger partial charge in [-0.3, -0.25) is 19.9 Å². The molecule has 2 aliphatic rings. The van der Waals surface area contributed by atoms with E-state index in [9.17, 15) is 0 Å². The third-order valence-electron chi connectivity index (χ3n) is 10.4. The fourth-order valence-electron chi connectivity index (χ4n) is 6.74. The van der Waals surface area contributed by atoms with Crippen LogP contribution in [-0.4, -0.2) is 63.2 Å². The van der Waals surface area contributed by atoms with E-state index in [2.05, 4.69) is 125 Å². The molecule has 0 radical (unpaired) electrons. The first-order valence-corrected chi connectivity index (χ1v) is 23.2. The highest BCUT2D eigenvalue weighted by molar-refractivity contribution is 5.80. The second-order valence-electron chi connectivity index (χ2n) is 16.7. The van der Waals surface area contributed by atoms with Gasteiger partial charge >= 0.3 is 0 Å². The summed E-state index contributed by atoms with van der Waals surface area (Å²) in [6, 6.07) is 36.9. The molecule has 73 heavy (non-hydrogen) atoms. The number of aromatic amines is 3. The Hall–Kier alpha value is -8.71. The third-order valence-corrected chi connectivity index (χ3v) is 10.4. The molecule has 3 N–H and O–H groups in total. The van der Waals surface area contributed by atoms with E-state index in [4.69, 9.17) is 14.2 Å². The van der Waals surface area contributed by atoms with E-state index in [1.807, 2.05) is 120 Å². The first-order chi connectivity index (χ1) is 34.5. The van der Waals surface area contributed by atoms with Gasteiger partial charge in [0.2, 0.25) is 6.79 Å². The molecule has 11 aromatic rings. The number of pyridine rings is 4. The van der Waals surface area contributed by atoms with Crippen LogP contribution in [0.2, 0.25) is 0 Å². The number of aromatic nitrogens is 10. The van der Waals surface area contributed by atoms with Gasteiger partial charge in [-0.25, -0.2) is 15.0 Å². The molecule has 13 nitrogen and oxygen atoms in total. The Morgan fingerprint density at radius 1 is 0.466 bits per heavy atom. The molecule has 13 rings (SSSR count). The maximum atomic E-state index is 5.37. The van der Waals surface area contributed by atoms with Crippen molar-refractivity contribution >= 4 is 33.0 Å². The number of hydrogen-bond acceptors (Lipinski definition) is 10. The van der Waals surface area contributed by atoms with Crippen molar-refractivity contribution in [3.8, 4) is 17.4 Å². The molecule has 0 atom stereocenters. The van der Waals surface area contributed by atoms with Crippen LogP contribution in [0.15, 0.2) is 177 Å². The number of benzene rings is 3. The highest BCUT2D eigenvalue weighted by Gasteiger charge is 2.14. The third kappa shape index (κ3) is 19.2. The first-order valence-electron chi connectivity index (χ1n) is 23.2. The molecule has 0 amide bonds. The van der Waals surface area contributed by atoms with Gasteiger partial charge < -0.3 is 29.2 Å². The molecule has 0 saturated carbocycles. The Kier molecular flexibility index (Phi) is 23.5. The van der Waals surface area contributed by atoms with Crippen molar-refractivity contribution in [3.63, 3.8) is 0 Å². The van der Waals surface area contributed by atoms with Crippen LogP contribution in [0, 0.1) is 55.4 Å². The fraction of sp³-hybridized carbons (Fsp3) is 0.217. The van der Waals surface area contributed by atoms with Crippen molar-refractivity contribution in [1.29, 1.82) is 0 Å². The van der Waals surface area contributed by atoms with Gasteiger partial charge in [0.25, 0.3) is 5.88 Å². The highest BCUT2D eigenvalue weighted by atomic mass is 16.7. The number of nitrogens with zero attached hydrogens (tertiary/aromatic N) is 7.